The molecule has 2 amide bonds. The van der Waals surface area contributed by atoms with Gasteiger partial charge >= 0.3 is 12.4 Å². The maximum atomic E-state index is 14.4. The zero-order valence-corrected chi connectivity index (χ0v) is 22.5. The van der Waals surface area contributed by atoms with Gasteiger partial charge in [0.15, 0.2) is 0 Å². The molecule has 5 rings (SSSR count). The number of alkyl halides is 6. The van der Waals surface area contributed by atoms with Crippen molar-refractivity contribution in [1.29, 1.82) is 0 Å². The Labute approximate surface area is 224 Å². The van der Waals surface area contributed by atoms with Crippen LogP contribution in [-0.2, 0) is 15.1 Å². The van der Waals surface area contributed by atoms with Crippen LogP contribution in [0.1, 0.15) is 70.8 Å². The Hall–Kier alpha value is -2.26. The lowest BCUT2D eigenvalue weighted by atomic mass is 9.47. The number of piperidine rings is 1. The van der Waals surface area contributed by atoms with Crippen LogP contribution >= 0.6 is 0 Å². The molecular formula is C29H36F6N2O2. The Morgan fingerprint density at radius 1 is 0.872 bits per heavy atom. The predicted molar refractivity (Wildman–Crippen MR) is 132 cm³/mol. The van der Waals surface area contributed by atoms with Crippen molar-refractivity contribution < 1.29 is 35.9 Å². The number of carbonyl (C=O) groups excluding carboxylic acids is 2. The Morgan fingerprint density at radius 2 is 1.49 bits per heavy atom. The topological polar surface area (TPSA) is 49.4 Å². The Morgan fingerprint density at radius 3 is 2.10 bits per heavy atom. The number of hydrogen-bond acceptors (Lipinski definition) is 2. The van der Waals surface area contributed by atoms with E-state index in [9.17, 15) is 35.9 Å². The molecule has 1 heterocycles. The first-order valence-corrected chi connectivity index (χ1v) is 13.8. The van der Waals surface area contributed by atoms with Gasteiger partial charge in [0, 0.05) is 25.4 Å². The molecule has 216 valence electrons. The van der Waals surface area contributed by atoms with Crippen LogP contribution in [0.4, 0.5) is 26.3 Å². The van der Waals surface area contributed by atoms with Gasteiger partial charge in [0.1, 0.15) is 0 Å². The number of likely N-dealkylation sites (tertiary alicyclic amines) is 1. The van der Waals surface area contributed by atoms with Crippen molar-refractivity contribution in [2.45, 2.75) is 89.1 Å². The minimum absolute atomic E-state index is 0.0376. The van der Waals surface area contributed by atoms with Crippen LogP contribution < -0.4 is 5.32 Å². The van der Waals surface area contributed by atoms with Crippen LogP contribution in [0.5, 0.6) is 0 Å². The summed E-state index contributed by atoms with van der Waals surface area (Å²) in [5.74, 6) is -1.41. The smallest absolute Gasteiger partial charge is 0.342 e. The fourth-order valence-corrected chi connectivity index (χ4v) is 9.24. The van der Waals surface area contributed by atoms with Gasteiger partial charge in [-0.05, 0) is 79.1 Å². The molecule has 10 heteroatoms. The predicted octanol–water partition coefficient (Wildman–Crippen LogP) is 6.60. The summed E-state index contributed by atoms with van der Waals surface area (Å²) in [4.78, 5) is 27.8. The van der Waals surface area contributed by atoms with Crippen LogP contribution in [-0.4, -0.2) is 42.2 Å². The molecule has 0 aromatic heterocycles. The van der Waals surface area contributed by atoms with E-state index in [1.165, 1.54) is 11.4 Å². The fraction of sp³-hybridized carbons (Fsp3) is 0.724. The summed E-state index contributed by atoms with van der Waals surface area (Å²) in [6.07, 6.45) is -6.49. The number of halogens is 6. The number of fused-ring (bicyclic) bond motifs is 5. The van der Waals surface area contributed by atoms with Crippen molar-refractivity contribution in [2.24, 2.45) is 34.5 Å². The molecule has 3 saturated carbocycles. The number of nitrogens with one attached hydrogen (secondary N) is 1. The first kappa shape index (κ1) is 28.3. The maximum Gasteiger partial charge on any atom is 0.424 e. The second kappa shape index (κ2) is 9.13. The van der Waals surface area contributed by atoms with Crippen LogP contribution in [0, 0.1) is 34.5 Å². The number of carbonyl (C=O) groups is 2. The van der Waals surface area contributed by atoms with E-state index in [1.807, 2.05) is 18.9 Å². The summed E-state index contributed by atoms with van der Waals surface area (Å²) in [5, 5.41) is 1.53. The maximum absolute atomic E-state index is 14.4. The summed E-state index contributed by atoms with van der Waals surface area (Å²) < 4.78 is 86.1. The van der Waals surface area contributed by atoms with E-state index >= 15 is 0 Å². The number of benzene rings is 1. The van der Waals surface area contributed by atoms with Crippen molar-refractivity contribution >= 4 is 11.8 Å². The normalized spacial score (nSPS) is 37.1. The second-order valence-electron chi connectivity index (χ2n) is 12.8. The monoisotopic (exact) mass is 558 g/mol. The van der Waals surface area contributed by atoms with E-state index in [-0.39, 0.29) is 35.6 Å². The zero-order valence-electron chi connectivity index (χ0n) is 22.5. The van der Waals surface area contributed by atoms with Crippen LogP contribution in [0.25, 0.3) is 0 Å². The molecule has 1 saturated heterocycles. The van der Waals surface area contributed by atoms with Gasteiger partial charge < -0.3 is 10.2 Å². The minimum atomic E-state index is -5.80. The largest absolute Gasteiger partial charge is 0.424 e. The van der Waals surface area contributed by atoms with Crippen molar-refractivity contribution in [2.75, 3.05) is 7.05 Å². The third kappa shape index (κ3) is 4.01. The SMILES string of the molecule is CN1C(=O)CC[C@]2(C)[C@H]3CC[C@]4(C)[C@@H](C(=O)NC(c5ccccc5)(C(F)(F)F)C(F)(F)F)CC[C@H]4[C@@H]3CC[C@@H]12. The molecule has 4 nitrogen and oxygen atoms in total. The molecule has 1 aliphatic heterocycles. The third-order valence-corrected chi connectivity index (χ3v) is 11.2. The Kier molecular flexibility index (Phi) is 6.62. The highest BCUT2D eigenvalue weighted by atomic mass is 19.4. The highest BCUT2D eigenvalue weighted by Crippen LogP contribution is 2.66. The number of hydrogen-bond donors (Lipinski definition) is 1. The molecule has 7 atom stereocenters. The first-order chi connectivity index (χ1) is 18.1. The first-order valence-electron chi connectivity index (χ1n) is 13.8. The molecule has 0 bridgehead atoms. The molecule has 1 N–H and O–H groups in total. The van der Waals surface area contributed by atoms with Crippen LogP contribution in [0.15, 0.2) is 30.3 Å². The van der Waals surface area contributed by atoms with Crippen molar-refractivity contribution in [3.8, 4) is 0 Å². The number of rotatable bonds is 3. The van der Waals surface area contributed by atoms with Crippen molar-refractivity contribution in [3.63, 3.8) is 0 Å². The van der Waals surface area contributed by atoms with Gasteiger partial charge in [0.05, 0.1) is 0 Å². The molecule has 0 unspecified atom stereocenters. The van der Waals surface area contributed by atoms with Gasteiger partial charge in [-0.1, -0.05) is 44.2 Å². The number of amides is 2. The Bertz CT molecular complexity index is 1110. The summed E-state index contributed by atoms with van der Waals surface area (Å²) in [6.45, 7) is 4.13. The molecular weight excluding hydrogens is 522 g/mol. The van der Waals surface area contributed by atoms with Crippen molar-refractivity contribution in [1.82, 2.24) is 10.2 Å². The lowest BCUT2D eigenvalue weighted by molar-refractivity contribution is -0.312. The Balaban J connectivity index is 1.44. The van der Waals surface area contributed by atoms with Crippen LogP contribution in [0.3, 0.4) is 0 Å². The summed E-state index contributed by atoms with van der Waals surface area (Å²) in [5.41, 5.74) is -6.31. The molecule has 4 fully saturated rings. The standard InChI is InChI=1S/C29H36F6N2O2/c1-25-15-13-20-18(9-12-22-26(20,2)16-14-23(38)37(22)3)19(25)10-11-21(25)24(39)36-27(28(30,31)32,29(33,34)35)17-7-5-4-6-8-17/h4-8,18-22H,9-16H2,1-3H3,(H,36,39)/t18-,19-,20-,21+,22+,25-,26+/m0/s1. The van der Waals surface area contributed by atoms with E-state index < -0.39 is 40.7 Å². The average Bonchev–Trinajstić information content (AvgIpc) is 3.21. The molecule has 0 spiro atoms. The highest BCUT2D eigenvalue weighted by molar-refractivity contribution is 5.81. The third-order valence-electron chi connectivity index (χ3n) is 11.2. The zero-order chi connectivity index (χ0) is 28.6. The quantitative estimate of drug-likeness (QED) is 0.425. The minimum Gasteiger partial charge on any atom is -0.342 e. The van der Waals surface area contributed by atoms with E-state index in [0.717, 1.165) is 49.9 Å². The molecule has 1 aromatic rings. The summed E-state index contributed by atoms with van der Waals surface area (Å²) in [6, 6.07) is 5.20. The fourth-order valence-electron chi connectivity index (χ4n) is 9.24. The van der Waals surface area contributed by atoms with Gasteiger partial charge in [-0.3, -0.25) is 9.59 Å². The number of nitrogens with zero attached hydrogens (tertiary/aromatic N) is 1. The van der Waals surface area contributed by atoms with E-state index in [0.29, 0.717) is 25.2 Å². The highest BCUT2D eigenvalue weighted by Gasteiger charge is 2.73. The molecule has 0 radical (unpaired) electrons. The lowest BCUT2D eigenvalue weighted by Crippen LogP contribution is -2.66. The van der Waals surface area contributed by atoms with Gasteiger partial charge in [0.25, 0.3) is 5.54 Å². The van der Waals surface area contributed by atoms with Gasteiger partial charge in [-0.2, -0.15) is 26.3 Å². The molecule has 1 aromatic carbocycles. The molecule has 3 aliphatic carbocycles. The average molecular weight is 559 g/mol. The van der Waals surface area contributed by atoms with Gasteiger partial charge in [-0.15, -0.1) is 0 Å². The second-order valence-corrected chi connectivity index (χ2v) is 12.8. The lowest BCUT2D eigenvalue weighted by Gasteiger charge is -2.61. The van der Waals surface area contributed by atoms with E-state index in [1.54, 1.807) is 0 Å². The van der Waals surface area contributed by atoms with E-state index in [4.69, 9.17) is 0 Å². The van der Waals surface area contributed by atoms with E-state index in [2.05, 4.69) is 6.92 Å². The molecule has 4 aliphatic rings. The van der Waals surface area contributed by atoms with Crippen molar-refractivity contribution in [3.05, 3.63) is 35.9 Å². The summed E-state index contributed by atoms with van der Waals surface area (Å²) in [7, 11) is 1.86. The summed E-state index contributed by atoms with van der Waals surface area (Å²) >= 11 is 0. The van der Waals surface area contributed by atoms with Gasteiger partial charge in [0.2, 0.25) is 11.8 Å². The molecule has 39 heavy (non-hydrogen) atoms. The van der Waals surface area contributed by atoms with Gasteiger partial charge in [-0.25, -0.2) is 0 Å². The van der Waals surface area contributed by atoms with Crippen LogP contribution in [0.2, 0.25) is 0 Å².